The molecular weight excluding hydrogens is 278 g/mol. The Kier molecular flexibility index (Phi) is 4.60. The summed E-state index contributed by atoms with van der Waals surface area (Å²) < 4.78 is 6.90. The second-order valence-electron chi connectivity index (χ2n) is 4.90. The maximum Gasteiger partial charge on any atom is 0.0678 e. The van der Waals surface area contributed by atoms with Gasteiger partial charge in [0.15, 0.2) is 0 Å². The van der Waals surface area contributed by atoms with Crippen LogP contribution < -0.4 is 0 Å². The van der Waals surface area contributed by atoms with Crippen LogP contribution in [0.3, 0.4) is 0 Å². The highest BCUT2D eigenvalue weighted by Crippen LogP contribution is 2.14. The summed E-state index contributed by atoms with van der Waals surface area (Å²) in [5.41, 5.74) is 1.39. The van der Waals surface area contributed by atoms with Gasteiger partial charge in [0, 0.05) is 24.1 Å². The third-order valence-corrected chi connectivity index (χ3v) is 3.59. The standard InChI is InChI=1S/C14H20BrNO/c1-11-9-16(10-12(2)17-11)7-6-13-4-3-5-14(15)8-13/h3-5,8,11-12H,6-7,9-10H2,1-2H3/t11-,12+. The van der Waals surface area contributed by atoms with E-state index in [1.165, 1.54) is 10.0 Å². The molecule has 1 saturated heterocycles. The predicted molar refractivity (Wildman–Crippen MR) is 74.3 cm³/mol. The van der Waals surface area contributed by atoms with Gasteiger partial charge in [-0.1, -0.05) is 28.1 Å². The first-order valence-corrected chi connectivity index (χ1v) is 7.05. The monoisotopic (exact) mass is 297 g/mol. The molecule has 3 heteroatoms. The van der Waals surface area contributed by atoms with Gasteiger partial charge in [-0.2, -0.15) is 0 Å². The van der Waals surface area contributed by atoms with Crippen molar-refractivity contribution >= 4 is 15.9 Å². The summed E-state index contributed by atoms with van der Waals surface area (Å²) in [7, 11) is 0. The Balaban J connectivity index is 1.85. The summed E-state index contributed by atoms with van der Waals surface area (Å²) >= 11 is 3.51. The minimum atomic E-state index is 0.362. The molecular formula is C14H20BrNO. The largest absolute Gasteiger partial charge is 0.373 e. The fraction of sp³-hybridized carbons (Fsp3) is 0.571. The molecule has 94 valence electrons. The van der Waals surface area contributed by atoms with Gasteiger partial charge in [0.25, 0.3) is 0 Å². The van der Waals surface area contributed by atoms with Crippen LogP contribution in [0, 0.1) is 0 Å². The zero-order valence-electron chi connectivity index (χ0n) is 10.5. The minimum absolute atomic E-state index is 0.362. The average molecular weight is 298 g/mol. The fourth-order valence-electron chi connectivity index (χ4n) is 2.45. The highest BCUT2D eigenvalue weighted by Gasteiger charge is 2.21. The van der Waals surface area contributed by atoms with Crippen molar-refractivity contribution in [1.29, 1.82) is 0 Å². The van der Waals surface area contributed by atoms with Gasteiger partial charge >= 0.3 is 0 Å². The van der Waals surface area contributed by atoms with Crippen LogP contribution in [0.2, 0.25) is 0 Å². The van der Waals surface area contributed by atoms with Gasteiger partial charge in [0.05, 0.1) is 12.2 Å². The van der Waals surface area contributed by atoms with E-state index in [4.69, 9.17) is 4.74 Å². The zero-order valence-corrected chi connectivity index (χ0v) is 12.1. The summed E-state index contributed by atoms with van der Waals surface area (Å²) in [4.78, 5) is 2.50. The van der Waals surface area contributed by atoms with Gasteiger partial charge in [0.2, 0.25) is 0 Å². The molecule has 1 heterocycles. The van der Waals surface area contributed by atoms with E-state index >= 15 is 0 Å². The summed E-state index contributed by atoms with van der Waals surface area (Å²) in [5, 5.41) is 0. The molecule has 1 fully saturated rings. The van der Waals surface area contributed by atoms with Crippen LogP contribution in [-0.2, 0) is 11.2 Å². The summed E-state index contributed by atoms with van der Waals surface area (Å²) in [5.74, 6) is 0. The van der Waals surface area contributed by atoms with Crippen LogP contribution in [-0.4, -0.2) is 36.7 Å². The number of ether oxygens (including phenoxy) is 1. The molecule has 17 heavy (non-hydrogen) atoms. The van der Waals surface area contributed by atoms with E-state index in [0.717, 1.165) is 26.1 Å². The van der Waals surface area contributed by atoms with E-state index in [1.807, 2.05) is 0 Å². The van der Waals surface area contributed by atoms with E-state index in [2.05, 4.69) is 58.9 Å². The Morgan fingerprint density at radius 2 is 2.00 bits per heavy atom. The first kappa shape index (κ1) is 13.1. The second-order valence-corrected chi connectivity index (χ2v) is 5.81. The van der Waals surface area contributed by atoms with Crippen molar-refractivity contribution in [2.75, 3.05) is 19.6 Å². The number of hydrogen-bond acceptors (Lipinski definition) is 2. The number of hydrogen-bond donors (Lipinski definition) is 0. The molecule has 1 aliphatic rings. The normalized spacial score (nSPS) is 26.1. The van der Waals surface area contributed by atoms with Crippen LogP contribution >= 0.6 is 15.9 Å². The lowest BCUT2D eigenvalue weighted by Crippen LogP contribution is -2.46. The van der Waals surface area contributed by atoms with Gasteiger partial charge < -0.3 is 4.74 Å². The first-order valence-electron chi connectivity index (χ1n) is 6.26. The molecule has 0 saturated carbocycles. The Morgan fingerprint density at radius 3 is 2.65 bits per heavy atom. The predicted octanol–water partition coefficient (Wildman–Crippen LogP) is 3.10. The summed E-state index contributed by atoms with van der Waals surface area (Å²) in [6, 6.07) is 8.57. The lowest BCUT2D eigenvalue weighted by molar-refractivity contribution is -0.0675. The number of rotatable bonds is 3. The maximum atomic E-state index is 5.74. The van der Waals surface area contributed by atoms with Crippen molar-refractivity contribution in [3.8, 4) is 0 Å². The van der Waals surface area contributed by atoms with Gasteiger partial charge in [0.1, 0.15) is 0 Å². The summed E-state index contributed by atoms with van der Waals surface area (Å²) in [6.45, 7) is 7.54. The van der Waals surface area contributed by atoms with Gasteiger partial charge in [-0.25, -0.2) is 0 Å². The Hall–Kier alpha value is -0.380. The van der Waals surface area contributed by atoms with Crippen LogP contribution in [0.25, 0.3) is 0 Å². The van der Waals surface area contributed by atoms with Crippen molar-refractivity contribution in [2.45, 2.75) is 32.5 Å². The fourth-order valence-corrected chi connectivity index (χ4v) is 2.89. The highest BCUT2D eigenvalue weighted by atomic mass is 79.9. The molecule has 0 unspecified atom stereocenters. The molecule has 0 aromatic heterocycles. The zero-order chi connectivity index (χ0) is 12.3. The maximum absolute atomic E-state index is 5.74. The summed E-state index contributed by atoms with van der Waals surface area (Å²) in [6.07, 6.45) is 1.83. The molecule has 1 aliphatic heterocycles. The topological polar surface area (TPSA) is 12.5 Å². The van der Waals surface area contributed by atoms with Crippen LogP contribution in [0.15, 0.2) is 28.7 Å². The molecule has 0 amide bonds. The third kappa shape index (κ3) is 4.09. The van der Waals surface area contributed by atoms with Crippen LogP contribution in [0.5, 0.6) is 0 Å². The molecule has 2 nitrogen and oxygen atoms in total. The van der Waals surface area contributed by atoms with Crippen LogP contribution in [0.1, 0.15) is 19.4 Å². The van der Waals surface area contributed by atoms with Gasteiger partial charge in [-0.15, -0.1) is 0 Å². The van der Waals surface area contributed by atoms with Crippen molar-refractivity contribution in [2.24, 2.45) is 0 Å². The molecule has 0 spiro atoms. The van der Waals surface area contributed by atoms with Gasteiger partial charge in [-0.3, -0.25) is 4.90 Å². The number of nitrogens with zero attached hydrogens (tertiary/aromatic N) is 1. The molecule has 2 rings (SSSR count). The SMILES string of the molecule is C[C@@H]1CN(CCc2cccc(Br)c2)C[C@H](C)O1. The molecule has 2 atom stereocenters. The molecule has 0 bridgehead atoms. The van der Waals surface area contributed by atoms with Crippen molar-refractivity contribution < 1.29 is 4.74 Å². The van der Waals surface area contributed by atoms with E-state index in [1.54, 1.807) is 0 Å². The lowest BCUT2D eigenvalue weighted by Gasteiger charge is -2.35. The van der Waals surface area contributed by atoms with Crippen molar-refractivity contribution in [3.05, 3.63) is 34.3 Å². The number of halogens is 1. The van der Waals surface area contributed by atoms with E-state index < -0.39 is 0 Å². The molecule has 0 radical (unpaired) electrons. The molecule has 0 aliphatic carbocycles. The molecule has 1 aromatic rings. The Labute approximate surface area is 112 Å². The highest BCUT2D eigenvalue weighted by molar-refractivity contribution is 9.10. The smallest absolute Gasteiger partial charge is 0.0678 e. The van der Waals surface area contributed by atoms with Crippen molar-refractivity contribution in [1.82, 2.24) is 4.90 Å². The van der Waals surface area contributed by atoms with E-state index in [9.17, 15) is 0 Å². The molecule has 1 aromatic carbocycles. The van der Waals surface area contributed by atoms with E-state index in [0.29, 0.717) is 12.2 Å². The average Bonchev–Trinajstić information content (AvgIpc) is 2.25. The number of benzene rings is 1. The Morgan fingerprint density at radius 1 is 1.29 bits per heavy atom. The van der Waals surface area contributed by atoms with Crippen LogP contribution in [0.4, 0.5) is 0 Å². The van der Waals surface area contributed by atoms with Crippen molar-refractivity contribution in [3.63, 3.8) is 0 Å². The second kappa shape index (κ2) is 5.98. The minimum Gasteiger partial charge on any atom is -0.373 e. The number of morpholine rings is 1. The lowest BCUT2D eigenvalue weighted by atomic mass is 10.1. The quantitative estimate of drug-likeness (QED) is 0.850. The Bertz CT molecular complexity index is 359. The third-order valence-electron chi connectivity index (χ3n) is 3.10. The molecule has 0 N–H and O–H groups in total. The first-order chi connectivity index (χ1) is 8.13. The van der Waals surface area contributed by atoms with E-state index in [-0.39, 0.29) is 0 Å². The van der Waals surface area contributed by atoms with Gasteiger partial charge in [-0.05, 0) is 38.0 Å².